The molecular formula is C25H24N4O3S. The number of benzene rings is 1. The van der Waals surface area contributed by atoms with Crippen LogP contribution >= 0.6 is 11.8 Å². The second-order valence-corrected chi connectivity index (χ2v) is 8.79. The molecule has 1 unspecified atom stereocenters. The SMILES string of the molecule is CCOc1c(C#N)cnc2c1C=C(/C=C1\SC(=N[C@@H](CO)c3ccccc3)NC1=O)C(C)C2. The highest BCUT2D eigenvalue weighted by molar-refractivity contribution is 8.18. The van der Waals surface area contributed by atoms with Gasteiger partial charge in [-0.25, -0.2) is 0 Å². The minimum absolute atomic E-state index is 0.142. The van der Waals surface area contributed by atoms with E-state index < -0.39 is 6.04 Å². The first kappa shape index (κ1) is 22.8. The molecule has 1 aromatic heterocycles. The molecular weight excluding hydrogens is 436 g/mol. The Morgan fingerprint density at radius 1 is 1.42 bits per heavy atom. The number of amidine groups is 1. The van der Waals surface area contributed by atoms with E-state index in [1.54, 1.807) is 6.20 Å². The number of rotatable bonds is 6. The smallest absolute Gasteiger partial charge is 0.264 e. The molecule has 1 fully saturated rings. The number of nitrogens with one attached hydrogen (secondary N) is 1. The highest BCUT2D eigenvalue weighted by atomic mass is 32.2. The molecule has 0 spiro atoms. The van der Waals surface area contributed by atoms with Gasteiger partial charge in [-0.1, -0.05) is 37.3 Å². The molecule has 2 aromatic rings. The summed E-state index contributed by atoms with van der Waals surface area (Å²) in [5.41, 5.74) is 3.91. The van der Waals surface area contributed by atoms with Crippen molar-refractivity contribution in [2.45, 2.75) is 26.3 Å². The minimum Gasteiger partial charge on any atom is -0.492 e. The van der Waals surface area contributed by atoms with Gasteiger partial charge in [0.2, 0.25) is 0 Å². The van der Waals surface area contributed by atoms with Crippen LogP contribution in [0.1, 0.15) is 42.3 Å². The average Bonchev–Trinajstić information content (AvgIpc) is 3.17. The molecule has 2 heterocycles. The maximum atomic E-state index is 12.6. The van der Waals surface area contributed by atoms with Gasteiger partial charge in [-0.15, -0.1) is 0 Å². The maximum Gasteiger partial charge on any atom is 0.264 e. The fraction of sp³-hybridized carbons (Fsp3) is 0.280. The van der Waals surface area contributed by atoms with Gasteiger partial charge in [0.25, 0.3) is 5.91 Å². The lowest BCUT2D eigenvalue weighted by atomic mass is 9.86. The van der Waals surface area contributed by atoms with Crippen LogP contribution in [0.5, 0.6) is 5.75 Å². The predicted octanol–water partition coefficient (Wildman–Crippen LogP) is 3.76. The van der Waals surface area contributed by atoms with Crippen molar-refractivity contribution >= 4 is 28.9 Å². The summed E-state index contributed by atoms with van der Waals surface area (Å²) in [4.78, 5) is 22.2. The molecule has 1 aliphatic carbocycles. The van der Waals surface area contributed by atoms with Crippen LogP contribution in [0.2, 0.25) is 0 Å². The van der Waals surface area contributed by atoms with E-state index in [-0.39, 0.29) is 18.4 Å². The normalized spacial score (nSPS) is 20.7. The first-order valence-electron chi connectivity index (χ1n) is 10.7. The van der Waals surface area contributed by atoms with Crippen LogP contribution in [0.15, 0.2) is 58.1 Å². The number of amides is 1. The number of nitrogens with zero attached hydrogens (tertiary/aromatic N) is 3. The van der Waals surface area contributed by atoms with Gasteiger partial charge in [0.15, 0.2) is 5.17 Å². The second kappa shape index (κ2) is 10.0. The molecule has 8 heteroatoms. The van der Waals surface area contributed by atoms with Crippen LogP contribution in [0.25, 0.3) is 6.08 Å². The van der Waals surface area contributed by atoms with E-state index >= 15 is 0 Å². The second-order valence-electron chi connectivity index (χ2n) is 7.76. The van der Waals surface area contributed by atoms with Gasteiger partial charge in [-0.2, -0.15) is 5.26 Å². The van der Waals surface area contributed by atoms with Gasteiger partial charge in [0, 0.05) is 11.8 Å². The number of aliphatic hydroxyl groups excluding tert-OH is 1. The first-order valence-corrected chi connectivity index (χ1v) is 11.6. The fourth-order valence-electron chi connectivity index (χ4n) is 3.82. The van der Waals surface area contributed by atoms with Crippen molar-refractivity contribution < 1.29 is 14.6 Å². The maximum absolute atomic E-state index is 12.6. The quantitative estimate of drug-likeness (QED) is 0.636. The van der Waals surface area contributed by atoms with E-state index in [2.05, 4.69) is 28.3 Å². The first-order chi connectivity index (χ1) is 16.0. The molecule has 2 N–H and O–H groups in total. The lowest BCUT2D eigenvalue weighted by molar-refractivity contribution is -0.115. The Kier molecular flexibility index (Phi) is 6.92. The lowest BCUT2D eigenvalue weighted by Crippen LogP contribution is -2.21. The van der Waals surface area contributed by atoms with Crippen molar-refractivity contribution in [2.75, 3.05) is 13.2 Å². The van der Waals surface area contributed by atoms with Crippen LogP contribution in [0.3, 0.4) is 0 Å². The number of aliphatic imine (C=N–C) groups is 1. The number of carbonyl (C=O) groups excluding carboxylic acids is 1. The van der Waals surface area contributed by atoms with Gasteiger partial charge >= 0.3 is 0 Å². The summed E-state index contributed by atoms with van der Waals surface area (Å²) < 4.78 is 5.76. The third-order valence-corrected chi connectivity index (χ3v) is 6.44. The van der Waals surface area contributed by atoms with E-state index in [0.29, 0.717) is 34.4 Å². The molecule has 0 saturated carbocycles. The number of allylic oxidation sites excluding steroid dienone is 2. The Bertz CT molecular complexity index is 1200. The Labute approximate surface area is 196 Å². The van der Waals surface area contributed by atoms with Crippen molar-refractivity contribution in [3.8, 4) is 11.8 Å². The summed E-state index contributed by atoms with van der Waals surface area (Å²) in [6, 6.07) is 11.2. The zero-order valence-corrected chi connectivity index (χ0v) is 19.2. The van der Waals surface area contributed by atoms with E-state index in [1.165, 1.54) is 11.8 Å². The van der Waals surface area contributed by atoms with E-state index in [4.69, 9.17) is 4.74 Å². The summed E-state index contributed by atoms with van der Waals surface area (Å²) in [7, 11) is 0. The molecule has 168 valence electrons. The Morgan fingerprint density at radius 3 is 2.91 bits per heavy atom. The number of hydrogen-bond acceptors (Lipinski definition) is 7. The third-order valence-electron chi connectivity index (χ3n) is 5.52. The largest absolute Gasteiger partial charge is 0.492 e. The van der Waals surface area contributed by atoms with E-state index in [1.807, 2.05) is 49.4 Å². The molecule has 1 aliphatic heterocycles. The Hall–Kier alpha value is -3.41. The van der Waals surface area contributed by atoms with Gasteiger partial charge in [0.05, 0.1) is 23.8 Å². The van der Waals surface area contributed by atoms with Crippen molar-refractivity contribution in [1.29, 1.82) is 5.26 Å². The molecule has 1 saturated heterocycles. The number of aliphatic hydroxyl groups is 1. The van der Waals surface area contributed by atoms with E-state index in [9.17, 15) is 15.2 Å². The molecule has 0 radical (unpaired) electrons. The topological polar surface area (TPSA) is 108 Å². The van der Waals surface area contributed by atoms with Crippen LogP contribution in [0.4, 0.5) is 0 Å². The predicted molar refractivity (Wildman–Crippen MR) is 128 cm³/mol. The highest BCUT2D eigenvalue weighted by Crippen LogP contribution is 2.37. The number of pyridine rings is 1. The number of nitriles is 1. The molecule has 7 nitrogen and oxygen atoms in total. The molecule has 1 amide bonds. The molecule has 2 aliphatic rings. The molecule has 2 atom stereocenters. The number of fused-ring (bicyclic) bond motifs is 1. The summed E-state index contributed by atoms with van der Waals surface area (Å²) >= 11 is 1.26. The van der Waals surface area contributed by atoms with Gasteiger partial charge < -0.3 is 15.2 Å². The number of thioether (sulfide) groups is 1. The summed E-state index contributed by atoms with van der Waals surface area (Å²) in [6.07, 6.45) is 6.06. The number of ether oxygens (including phenoxy) is 1. The highest BCUT2D eigenvalue weighted by Gasteiger charge is 2.28. The van der Waals surface area contributed by atoms with Crippen LogP contribution in [0, 0.1) is 17.2 Å². The Balaban J connectivity index is 1.64. The number of hydrogen-bond donors (Lipinski definition) is 2. The Morgan fingerprint density at radius 2 is 2.21 bits per heavy atom. The monoisotopic (exact) mass is 460 g/mol. The summed E-state index contributed by atoms with van der Waals surface area (Å²) in [5, 5.41) is 22.5. The molecule has 1 aromatic carbocycles. The van der Waals surface area contributed by atoms with Crippen LogP contribution in [-0.4, -0.2) is 34.4 Å². The number of aromatic nitrogens is 1. The molecule has 33 heavy (non-hydrogen) atoms. The van der Waals surface area contributed by atoms with Crippen LogP contribution < -0.4 is 10.1 Å². The summed E-state index contributed by atoms with van der Waals surface area (Å²) in [6.45, 7) is 4.24. The summed E-state index contributed by atoms with van der Waals surface area (Å²) in [5.74, 6) is 0.451. The zero-order chi connectivity index (χ0) is 23.4. The third kappa shape index (κ3) is 4.85. The van der Waals surface area contributed by atoms with Crippen molar-refractivity contribution in [1.82, 2.24) is 10.3 Å². The van der Waals surface area contributed by atoms with Crippen LogP contribution in [-0.2, 0) is 11.2 Å². The number of carbonyl (C=O) groups is 1. The van der Waals surface area contributed by atoms with Crippen molar-refractivity contribution in [3.63, 3.8) is 0 Å². The molecule has 4 rings (SSSR count). The van der Waals surface area contributed by atoms with Crippen molar-refractivity contribution in [3.05, 3.63) is 75.5 Å². The standard InChI is InChI=1S/C25H24N4O3S/c1-3-32-23-18(12-26)13-27-20-9-15(2)17(10-19(20)23)11-22-24(31)29-25(33-22)28-21(14-30)16-7-5-4-6-8-16/h4-8,10-11,13,15,21,30H,3,9,14H2,1-2H3,(H,28,29,31)/b22-11-/t15?,21-/m0/s1. The molecule has 0 bridgehead atoms. The van der Waals surface area contributed by atoms with Gasteiger partial charge in [-0.3, -0.25) is 14.8 Å². The van der Waals surface area contributed by atoms with Crippen molar-refractivity contribution in [2.24, 2.45) is 10.9 Å². The van der Waals surface area contributed by atoms with Gasteiger partial charge in [-0.05, 0) is 54.3 Å². The average molecular weight is 461 g/mol. The zero-order valence-electron chi connectivity index (χ0n) is 18.4. The fourth-order valence-corrected chi connectivity index (χ4v) is 4.69. The lowest BCUT2D eigenvalue weighted by Gasteiger charge is -2.23. The minimum atomic E-state index is -0.447. The van der Waals surface area contributed by atoms with Gasteiger partial charge in [0.1, 0.15) is 23.4 Å². The van der Waals surface area contributed by atoms with E-state index in [0.717, 1.165) is 22.4 Å².